The van der Waals surface area contributed by atoms with Crippen LogP contribution in [0.2, 0.25) is 0 Å². The molecule has 0 spiro atoms. The topological polar surface area (TPSA) is 15.7 Å². The van der Waals surface area contributed by atoms with Crippen LogP contribution in [0, 0.1) is 11.8 Å². The van der Waals surface area contributed by atoms with E-state index in [1.54, 1.807) is 0 Å². The Balaban J connectivity index is 1.39. The highest BCUT2D eigenvalue weighted by Crippen LogP contribution is 2.49. The van der Waals surface area contributed by atoms with Gasteiger partial charge in [-0.25, -0.2) is 0 Å². The minimum atomic E-state index is 0.540. The van der Waals surface area contributed by atoms with E-state index >= 15 is 0 Å². The summed E-state index contributed by atoms with van der Waals surface area (Å²) in [5, 5.41) is 0. The minimum Gasteiger partial charge on any atom is -0.374 e. The lowest BCUT2D eigenvalue weighted by atomic mass is 10.1. The van der Waals surface area contributed by atoms with Crippen molar-refractivity contribution < 1.29 is 4.74 Å². The van der Waals surface area contributed by atoms with Gasteiger partial charge in [0.15, 0.2) is 0 Å². The van der Waals surface area contributed by atoms with Gasteiger partial charge in [0.2, 0.25) is 0 Å². The smallest absolute Gasteiger partial charge is 0.0667 e. The zero-order valence-corrected chi connectivity index (χ0v) is 13.0. The van der Waals surface area contributed by atoms with E-state index in [1.807, 2.05) is 0 Å². The fourth-order valence-corrected chi connectivity index (χ4v) is 3.88. The van der Waals surface area contributed by atoms with Gasteiger partial charge in [-0.3, -0.25) is 0 Å². The number of nitrogens with zero attached hydrogens (tertiary/aromatic N) is 2. The number of likely N-dealkylation sites (tertiary alicyclic amines) is 2. The van der Waals surface area contributed by atoms with E-state index in [-0.39, 0.29) is 0 Å². The molecule has 0 radical (unpaired) electrons. The molecule has 3 aliphatic rings. The summed E-state index contributed by atoms with van der Waals surface area (Å²) in [4.78, 5) is 5.19. The van der Waals surface area contributed by atoms with E-state index in [9.17, 15) is 0 Å². The standard InChI is InChI=1S/C16H30N2O/c1-11(2)17-7-5-13(6-8-17)19-16-14-9-18(12(3)4)10-15(14)16/h11-16H,5-10H2,1-4H3. The maximum atomic E-state index is 6.37. The van der Waals surface area contributed by atoms with Gasteiger partial charge in [-0.1, -0.05) is 0 Å². The van der Waals surface area contributed by atoms with Gasteiger partial charge in [-0.15, -0.1) is 0 Å². The molecule has 110 valence electrons. The maximum Gasteiger partial charge on any atom is 0.0667 e. The predicted molar refractivity (Wildman–Crippen MR) is 78.3 cm³/mol. The van der Waals surface area contributed by atoms with Crippen LogP contribution in [0.3, 0.4) is 0 Å². The third kappa shape index (κ3) is 2.84. The summed E-state index contributed by atoms with van der Waals surface area (Å²) in [6, 6.07) is 1.41. The number of piperidine rings is 2. The van der Waals surface area contributed by atoms with Gasteiger partial charge < -0.3 is 14.5 Å². The Labute approximate surface area is 118 Å². The second kappa shape index (κ2) is 5.34. The molecule has 0 aromatic heterocycles. The van der Waals surface area contributed by atoms with Gasteiger partial charge >= 0.3 is 0 Å². The molecular formula is C16H30N2O. The van der Waals surface area contributed by atoms with Crippen molar-refractivity contribution in [2.45, 2.75) is 64.8 Å². The Hall–Kier alpha value is -0.120. The van der Waals surface area contributed by atoms with Crippen molar-refractivity contribution in [3.63, 3.8) is 0 Å². The summed E-state index contributed by atoms with van der Waals surface area (Å²) >= 11 is 0. The molecule has 3 rings (SSSR count). The van der Waals surface area contributed by atoms with Crippen molar-refractivity contribution in [3.05, 3.63) is 0 Å². The molecule has 19 heavy (non-hydrogen) atoms. The fraction of sp³-hybridized carbons (Fsp3) is 1.00. The highest BCUT2D eigenvalue weighted by atomic mass is 16.5. The van der Waals surface area contributed by atoms with Crippen LogP contribution in [-0.2, 0) is 4.74 Å². The molecular weight excluding hydrogens is 236 g/mol. The summed E-state index contributed by atoms with van der Waals surface area (Å²) in [6.07, 6.45) is 3.62. The Bertz CT molecular complexity index is 292. The Morgan fingerprint density at radius 1 is 0.842 bits per heavy atom. The Kier molecular flexibility index (Phi) is 3.89. The lowest BCUT2D eigenvalue weighted by Gasteiger charge is -2.35. The lowest BCUT2D eigenvalue weighted by molar-refractivity contribution is -0.0257. The van der Waals surface area contributed by atoms with Crippen molar-refractivity contribution >= 4 is 0 Å². The number of ether oxygens (including phenoxy) is 1. The first-order valence-corrected chi connectivity index (χ1v) is 8.20. The van der Waals surface area contributed by atoms with E-state index in [4.69, 9.17) is 4.74 Å². The van der Waals surface area contributed by atoms with E-state index < -0.39 is 0 Å². The Morgan fingerprint density at radius 2 is 1.37 bits per heavy atom. The normalized spacial score (nSPS) is 37.3. The molecule has 0 bridgehead atoms. The highest BCUT2D eigenvalue weighted by Gasteiger charge is 2.57. The summed E-state index contributed by atoms with van der Waals surface area (Å²) in [7, 11) is 0. The second-order valence-electron chi connectivity index (χ2n) is 7.31. The molecule has 0 aromatic carbocycles. The van der Waals surface area contributed by atoms with Crippen molar-refractivity contribution in [3.8, 4) is 0 Å². The lowest BCUT2D eigenvalue weighted by Crippen LogP contribution is -2.41. The van der Waals surface area contributed by atoms with Crippen molar-refractivity contribution in [2.75, 3.05) is 26.2 Å². The van der Waals surface area contributed by atoms with Crippen LogP contribution in [0.25, 0.3) is 0 Å². The molecule has 0 amide bonds. The van der Waals surface area contributed by atoms with E-state index in [1.165, 1.54) is 39.0 Å². The molecule has 3 heteroatoms. The highest BCUT2D eigenvalue weighted by molar-refractivity contribution is 5.07. The first-order chi connectivity index (χ1) is 9.06. The molecule has 2 saturated heterocycles. The van der Waals surface area contributed by atoms with Gasteiger partial charge in [0.25, 0.3) is 0 Å². The molecule has 2 aliphatic heterocycles. The fourth-order valence-electron chi connectivity index (χ4n) is 3.88. The first kappa shape index (κ1) is 13.8. The van der Waals surface area contributed by atoms with Gasteiger partial charge in [-0.05, 0) is 40.5 Å². The quantitative estimate of drug-likeness (QED) is 0.776. The van der Waals surface area contributed by atoms with Gasteiger partial charge in [-0.2, -0.15) is 0 Å². The molecule has 0 aromatic rings. The zero-order valence-electron chi connectivity index (χ0n) is 13.0. The van der Waals surface area contributed by atoms with E-state index in [0.29, 0.717) is 24.3 Å². The molecule has 0 N–H and O–H groups in total. The number of rotatable bonds is 4. The minimum absolute atomic E-state index is 0.540. The van der Waals surface area contributed by atoms with Crippen LogP contribution in [-0.4, -0.2) is 60.3 Å². The third-order valence-electron chi connectivity index (χ3n) is 5.43. The van der Waals surface area contributed by atoms with Crippen LogP contribution in [0.1, 0.15) is 40.5 Å². The van der Waals surface area contributed by atoms with E-state index in [0.717, 1.165) is 11.8 Å². The Morgan fingerprint density at radius 3 is 1.84 bits per heavy atom. The largest absolute Gasteiger partial charge is 0.374 e. The molecule has 1 saturated carbocycles. The number of hydrogen-bond donors (Lipinski definition) is 0. The molecule has 2 unspecified atom stereocenters. The molecule has 2 heterocycles. The second-order valence-corrected chi connectivity index (χ2v) is 7.31. The zero-order chi connectivity index (χ0) is 13.6. The molecule has 2 atom stereocenters. The average molecular weight is 266 g/mol. The van der Waals surface area contributed by atoms with Gasteiger partial charge in [0.1, 0.15) is 0 Å². The van der Waals surface area contributed by atoms with E-state index in [2.05, 4.69) is 37.5 Å². The van der Waals surface area contributed by atoms with Gasteiger partial charge in [0, 0.05) is 50.1 Å². The molecule has 3 fully saturated rings. The van der Waals surface area contributed by atoms with Crippen LogP contribution in [0.4, 0.5) is 0 Å². The first-order valence-electron chi connectivity index (χ1n) is 8.20. The SMILES string of the molecule is CC(C)N1CCC(OC2C3CN(C(C)C)CC32)CC1. The maximum absolute atomic E-state index is 6.37. The summed E-state index contributed by atoms with van der Waals surface area (Å²) in [5.41, 5.74) is 0. The third-order valence-corrected chi connectivity index (χ3v) is 5.43. The summed E-state index contributed by atoms with van der Waals surface area (Å²) in [5.74, 6) is 1.70. The molecule has 3 nitrogen and oxygen atoms in total. The van der Waals surface area contributed by atoms with Crippen LogP contribution < -0.4 is 0 Å². The van der Waals surface area contributed by atoms with Crippen molar-refractivity contribution in [1.29, 1.82) is 0 Å². The van der Waals surface area contributed by atoms with Crippen molar-refractivity contribution in [1.82, 2.24) is 9.80 Å². The van der Waals surface area contributed by atoms with Gasteiger partial charge in [0.05, 0.1) is 12.2 Å². The van der Waals surface area contributed by atoms with Crippen molar-refractivity contribution in [2.24, 2.45) is 11.8 Å². The molecule has 1 aliphatic carbocycles. The van der Waals surface area contributed by atoms with Crippen LogP contribution >= 0.6 is 0 Å². The summed E-state index contributed by atoms with van der Waals surface area (Å²) < 4.78 is 6.37. The summed E-state index contributed by atoms with van der Waals surface area (Å²) in [6.45, 7) is 14.2. The average Bonchev–Trinajstić information content (AvgIpc) is 2.84. The number of fused-ring (bicyclic) bond motifs is 1. The van der Waals surface area contributed by atoms with Crippen LogP contribution in [0.15, 0.2) is 0 Å². The predicted octanol–water partition coefficient (Wildman–Crippen LogP) is 2.21. The number of hydrogen-bond acceptors (Lipinski definition) is 3. The van der Waals surface area contributed by atoms with Crippen LogP contribution in [0.5, 0.6) is 0 Å². The monoisotopic (exact) mass is 266 g/mol.